The first kappa shape index (κ1) is 21.4. The lowest BCUT2D eigenvalue weighted by Gasteiger charge is -2.12. The molecule has 156 valence electrons. The monoisotopic (exact) mass is 437 g/mol. The molecular formula is C20H23NO6S2. The molecule has 1 heterocycles. The Bertz CT molecular complexity index is 1210. The Morgan fingerprint density at radius 2 is 1.66 bits per heavy atom. The molecule has 0 aliphatic rings. The highest BCUT2D eigenvalue weighted by Gasteiger charge is 2.22. The maximum absolute atomic E-state index is 12.7. The Hall–Kier alpha value is -2.36. The van der Waals surface area contributed by atoms with Crippen molar-refractivity contribution in [1.82, 2.24) is 4.72 Å². The molecule has 0 fully saturated rings. The molecule has 3 aromatic rings. The normalized spacial score (nSPS) is 13.5. The predicted molar refractivity (Wildman–Crippen MR) is 110 cm³/mol. The van der Waals surface area contributed by atoms with Gasteiger partial charge in [0.05, 0.1) is 28.2 Å². The molecule has 9 heteroatoms. The molecule has 3 rings (SSSR count). The summed E-state index contributed by atoms with van der Waals surface area (Å²) in [6, 6.07) is 11.8. The van der Waals surface area contributed by atoms with Crippen LogP contribution in [0.3, 0.4) is 0 Å². The summed E-state index contributed by atoms with van der Waals surface area (Å²) < 4.78 is 63.2. The highest BCUT2D eigenvalue weighted by atomic mass is 32.2. The maximum Gasteiger partial charge on any atom is 0.241 e. The fourth-order valence-electron chi connectivity index (χ4n) is 2.89. The number of rotatable bonds is 8. The lowest BCUT2D eigenvalue weighted by atomic mass is 10.2. The Morgan fingerprint density at radius 1 is 1.00 bits per heavy atom. The van der Waals surface area contributed by atoms with Crippen molar-refractivity contribution in [2.45, 2.75) is 36.6 Å². The summed E-state index contributed by atoms with van der Waals surface area (Å²) in [5.41, 5.74) is 0.560. The Labute approximate surface area is 170 Å². The minimum absolute atomic E-state index is 0.0227. The smallest absolute Gasteiger partial charge is 0.241 e. The Balaban J connectivity index is 1.85. The molecule has 7 nitrogen and oxygen atoms in total. The van der Waals surface area contributed by atoms with Crippen molar-refractivity contribution in [2.24, 2.45) is 0 Å². The highest BCUT2D eigenvalue weighted by molar-refractivity contribution is 7.91. The van der Waals surface area contributed by atoms with Crippen LogP contribution in [0, 0.1) is 0 Å². The van der Waals surface area contributed by atoms with E-state index in [1.54, 1.807) is 19.1 Å². The van der Waals surface area contributed by atoms with E-state index in [1.807, 2.05) is 19.1 Å². The summed E-state index contributed by atoms with van der Waals surface area (Å²) >= 11 is 0. The van der Waals surface area contributed by atoms with Crippen LogP contribution in [-0.2, 0) is 19.9 Å². The van der Waals surface area contributed by atoms with Gasteiger partial charge in [-0.15, -0.1) is 0 Å². The number of benzene rings is 2. The standard InChI is InChI=1S/C20H23NO6S2/c1-4-26-18-8-6-7-15-13-19(27-20(15)18)14(3)21-29(24,25)17-11-9-16(10-12-17)28(22,23)5-2/h6-14,21H,4-5H2,1-3H3. The number of hydrogen-bond donors (Lipinski definition) is 1. The number of hydrogen-bond acceptors (Lipinski definition) is 6. The summed E-state index contributed by atoms with van der Waals surface area (Å²) in [5, 5.41) is 0.811. The molecule has 1 atom stereocenters. The van der Waals surface area contributed by atoms with Gasteiger partial charge in [-0.3, -0.25) is 0 Å². The molecule has 29 heavy (non-hydrogen) atoms. The van der Waals surface area contributed by atoms with E-state index in [9.17, 15) is 16.8 Å². The summed E-state index contributed by atoms with van der Waals surface area (Å²) in [4.78, 5) is 0.0678. The van der Waals surface area contributed by atoms with E-state index in [4.69, 9.17) is 9.15 Å². The number of nitrogens with one attached hydrogen (secondary N) is 1. The molecule has 0 aliphatic heterocycles. The van der Waals surface area contributed by atoms with E-state index >= 15 is 0 Å². The van der Waals surface area contributed by atoms with Crippen LogP contribution < -0.4 is 9.46 Å². The SMILES string of the molecule is CCOc1cccc2cc(C(C)NS(=O)(=O)c3ccc(S(=O)(=O)CC)cc3)oc12. The summed E-state index contributed by atoms with van der Waals surface area (Å²) in [6.07, 6.45) is 0. The number of para-hydroxylation sites is 1. The highest BCUT2D eigenvalue weighted by Crippen LogP contribution is 2.31. The summed E-state index contributed by atoms with van der Waals surface area (Å²) in [6.45, 7) is 5.57. The van der Waals surface area contributed by atoms with E-state index in [-0.39, 0.29) is 15.5 Å². The third kappa shape index (κ3) is 4.47. The molecule has 1 unspecified atom stereocenters. The van der Waals surface area contributed by atoms with Crippen LogP contribution in [0.15, 0.2) is 62.7 Å². The van der Waals surface area contributed by atoms with Crippen molar-refractivity contribution < 1.29 is 26.0 Å². The lowest BCUT2D eigenvalue weighted by molar-refractivity contribution is 0.336. The zero-order valence-electron chi connectivity index (χ0n) is 16.4. The van der Waals surface area contributed by atoms with Gasteiger partial charge in [0.15, 0.2) is 21.2 Å². The molecule has 0 saturated carbocycles. The second-order valence-corrected chi connectivity index (χ2v) is 10.5. The molecule has 0 amide bonds. The number of furan rings is 1. The molecule has 1 N–H and O–H groups in total. The first-order valence-corrected chi connectivity index (χ1v) is 12.3. The van der Waals surface area contributed by atoms with E-state index in [1.165, 1.54) is 31.2 Å². The molecular weight excluding hydrogens is 414 g/mol. The Morgan fingerprint density at radius 3 is 2.28 bits per heavy atom. The van der Waals surface area contributed by atoms with Crippen LogP contribution in [0.2, 0.25) is 0 Å². The van der Waals surface area contributed by atoms with Crippen molar-refractivity contribution >= 4 is 30.8 Å². The molecule has 0 saturated heterocycles. The Kier molecular flexibility index (Phi) is 6.02. The number of sulfonamides is 1. The molecule has 2 aromatic carbocycles. The van der Waals surface area contributed by atoms with Crippen LogP contribution in [0.4, 0.5) is 0 Å². The van der Waals surface area contributed by atoms with Crippen molar-refractivity contribution in [3.8, 4) is 5.75 Å². The van der Waals surface area contributed by atoms with Gasteiger partial charge in [0.25, 0.3) is 0 Å². The average Bonchev–Trinajstić information content (AvgIpc) is 3.14. The summed E-state index contributed by atoms with van der Waals surface area (Å²) in [7, 11) is -7.26. The van der Waals surface area contributed by atoms with Crippen molar-refractivity contribution in [1.29, 1.82) is 0 Å². The second-order valence-electron chi connectivity index (χ2n) is 6.47. The van der Waals surface area contributed by atoms with Gasteiger partial charge in [0.1, 0.15) is 5.76 Å². The van der Waals surface area contributed by atoms with Crippen LogP contribution in [0.25, 0.3) is 11.0 Å². The van der Waals surface area contributed by atoms with Gasteiger partial charge < -0.3 is 9.15 Å². The second kappa shape index (κ2) is 8.17. The molecule has 0 aliphatic carbocycles. The quantitative estimate of drug-likeness (QED) is 0.577. The average molecular weight is 438 g/mol. The zero-order chi connectivity index (χ0) is 21.2. The minimum Gasteiger partial charge on any atom is -0.490 e. The fraction of sp³-hybridized carbons (Fsp3) is 0.300. The van der Waals surface area contributed by atoms with Gasteiger partial charge in [0.2, 0.25) is 10.0 Å². The van der Waals surface area contributed by atoms with E-state index < -0.39 is 25.9 Å². The van der Waals surface area contributed by atoms with Crippen molar-refractivity contribution in [2.75, 3.05) is 12.4 Å². The first-order chi connectivity index (χ1) is 13.7. The van der Waals surface area contributed by atoms with Crippen LogP contribution in [-0.4, -0.2) is 29.2 Å². The number of ether oxygens (including phenoxy) is 1. The molecule has 0 bridgehead atoms. The predicted octanol–water partition coefficient (Wildman–Crippen LogP) is 3.66. The van der Waals surface area contributed by atoms with E-state index in [0.29, 0.717) is 23.7 Å². The van der Waals surface area contributed by atoms with Crippen molar-refractivity contribution in [3.63, 3.8) is 0 Å². The third-order valence-electron chi connectivity index (χ3n) is 4.46. The van der Waals surface area contributed by atoms with Gasteiger partial charge in [-0.25, -0.2) is 21.6 Å². The fourth-order valence-corrected chi connectivity index (χ4v) is 4.99. The van der Waals surface area contributed by atoms with Gasteiger partial charge in [-0.1, -0.05) is 19.1 Å². The molecule has 1 aromatic heterocycles. The van der Waals surface area contributed by atoms with Gasteiger partial charge in [-0.05, 0) is 50.2 Å². The largest absolute Gasteiger partial charge is 0.490 e. The van der Waals surface area contributed by atoms with E-state index in [2.05, 4.69) is 4.72 Å². The molecule has 0 radical (unpaired) electrons. The summed E-state index contributed by atoms with van der Waals surface area (Å²) in [5.74, 6) is 0.990. The lowest BCUT2D eigenvalue weighted by Crippen LogP contribution is -2.26. The zero-order valence-corrected chi connectivity index (χ0v) is 18.0. The van der Waals surface area contributed by atoms with Gasteiger partial charge in [-0.2, -0.15) is 0 Å². The maximum atomic E-state index is 12.7. The topological polar surface area (TPSA) is 103 Å². The van der Waals surface area contributed by atoms with E-state index in [0.717, 1.165) is 5.39 Å². The number of sulfone groups is 1. The van der Waals surface area contributed by atoms with Crippen LogP contribution >= 0.6 is 0 Å². The van der Waals surface area contributed by atoms with Gasteiger partial charge >= 0.3 is 0 Å². The molecule has 0 spiro atoms. The van der Waals surface area contributed by atoms with Crippen LogP contribution in [0.5, 0.6) is 5.75 Å². The first-order valence-electron chi connectivity index (χ1n) is 9.18. The van der Waals surface area contributed by atoms with Gasteiger partial charge in [0, 0.05) is 5.39 Å². The number of fused-ring (bicyclic) bond motifs is 1. The third-order valence-corrected chi connectivity index (χ3v) is 7.77. The van der Waals surface area contributed by atoms with Crippen molar-refractivity contribution in [3.05, 3.63) is 54.3 Å². The minimum atomic E-state index is -3.87. The van der Waals surface area contributed by atoms with Crippen LogP contribution in [0.1, 0.15) is 32.6 Å².